The molecule has 2 heterocycles. The van der Waals surface area contributed by atoms with E-state index < -0.39 is 0 Å². The van der Waals surface area contributed by atoms with Crippen molar-refractivity contribution in [3.05, 3.63) is 22.4 Å². The molecule has 2 rings (SSSR count). The molecule has 1 aromatic rings. The van der Waals surface area contributed by atoms with E-state index in [1.807, 2.05) is 17.2 Å². The molecule has 19 heavy (non-hydrogen) atoms. The standard InChI is InChI=1S/C15H23BrN2O/c1-10(2)18-9-13(16)8-14(18)15(19)17-6-5-11(3)7-12(17)4/h8-12H,5-7H2,1-4H3. The Morgan fingerprint density at radius 3 is 2.68 bits per heavy atom. The summed E-state index contributed by atoms with van der Waals surface area (Å²) in [7, 11) is 0. The minimum absolute atomic E-state index is 0.166. The van der Waals surface area contributed by atoms with Crippen LogP contribution in [0, 0.1) is 5.92 Å². The molecule has 0 spiro atoms. The van der Waals surface area contributed by atoms with Crippen LogP contribution < -0.4 is 0 Å². The maximum absolute atomic E-state index is 12.7. The van der Waals surface area contributed by atoms with Gasteiger partial charge in [0.25, 0.3) is 5.91 Å². The molecule has 0 radical (unpaired) electrons. The first-order valence-corrected chi connectivity index (χ1v) is 7.87. The van der Waals surface area contributed by atoms with E-state index in [0.29, 0.717) is 12.1 Å². The molecular formula is C15H23BrN2O. The highest BCUT2D eigenvalue weighted by Gasteiger charge is 2.29. The number of carbonyl (C=O) groups is 1. The van der Waals surface area contributed by atoms with Gasteiger partial charge in [-0.05, 0) is 61.5 Å². The van der Waals surface area contributed by atoms with Gasteiger partial charge in [-0.15, -0.1) is 0 Å². The van der Waals surface area contributed by atoms with Crippen LogP contribution >= 0.6 is 15.9 Å². The first-order chi connectivity index (χ1) is 8.90. The Balaban J connectivity index is 2.24. The summed E-state index contributed by atoms with van der Waals surface area (Å²) in [6.07, 6.45) is 4.21. The van der Waals surface area contributed by atoms with Gasteiger partial charge in [0.15, 0.2) is 0 Å². The molecule has 1 amide bonds. The zero-order valence-corrected chi connectivity index (χ0v) is 13.8. The van der Waals surface area contributed by atoms with Crippen LogP contribution in [0.25, 0.3) is 0 Å². The Hall–Kier alpha value is -0.770. The molecule has 0 aromatic carbocycles. The van der Waals surface area contributed by atoms with Crippen molar-refractivity contribution in [3.63, 3.8) is 0 Å². The third kappa shape index (κ3) is 3.04. The molecule has 0 bridgehead atoms. The molecule has 0 saturated carbocycles. The van der Waals surface area contributed by atoms with Crippen LogP contribution in [-0.2, 0) is 0 Å². The zero-order chi connectivity index (χ0) is 14.2. The maximum atomic E-state index is 12.7. The van der Waals surface area contributed by atoms with Crippen LogP contribution in [0.2, 0.25) is 0 Å². The van der Waals surface area contributed by atoms with Crippen molar-refractivity contribution in [2.24, 2.45) is 5.92 Å². The summed E-state index contributed by atoms with van der Waals surface area (Å²) in [6, 6.07) is 2.57. The summed E-state index contributed by atoms with van der Waals surface area (Å²) < 4.78 is 3.03. The molecule has 1 saturated heterocycles. The van der Waals surface area contributed by atoms with Crippen molar-refractivity contribution in [1.29, 1.82) is 0 Å². The third-order valence-electron chi connectivity index (χ3n) is 3.99. The molecule has 106 valence electrons. The molecule has 0 aliphatic carbocycles. The summed E-state index contributed by atoms with van der Waals surface area (Å²) in [5.74, 6) is 0.890. The Morgan fingerprint density at radius 2 is 2.11 bits per heavy atom. The summed E-state index contributed by atoms with van der Waals surface area (Å²) >= 11 is 3.48. The van der Waals surface area contributed by atoms with Gasteiger partial charge in [0, 0.05) is 29.3 Å². The topological polar surface area (TPSA) is 25.2 Å². The van der Waals surface area contributed by atoms with E-state index in [2.05, 4.69) is 48.2 Å². The van der Waals surface area contributed by atoms with Crippen molar-refractivity contribution in [2.75, 3.05) is 6.54 Å². The predicted molar refractivity (Wildman–Crippen MR) is 81.4 cm³/mol. The van der Waals surface area contributed by atoms with Crippen LogP contribution in [0.15, 0.2) is 16.7 Å². The first-order valence-electron chi connectivity index (χ1n) is 7.08. The van der Waals surface area contributed by atoms with Gasteiger partial charge in [-0.2, -0.15) is 0 Å². The summed E-state index contributed by atoms with van der Waals surface area (Å²) in [4.78, 5) is 14.8. The second-order valence-electron chi connectivity index (χ2n) is 6.02. The monoisotopic (exact) mass is 326 g/mol. The van der Waals surface area contributed by atoms with E-state index in [4.69, 9.17) is 0 Å². The summed E-state index contributed by atoms with van der Waals surface area (Å²) in [5, 5.41) is 0. The molecule has 4 heteroatoms. The lowest BCUT2D eigenvalue weighted by Gasteiger charge is -2.36. The fourth-order valence-corrected chi connectivity index (χ4v) is 3.34. The molecule has 1 aliphatic rings. The van der Waals surface area contributed by atoms with Gasteiger partial charge in [0.1, 0.15) is 5.69 Å². The van der Waals surface area contributed by atoms with E-state index in [1.54, 1.807) is 0 Å². The number of halogens is 1. The normalized spacial score (nSPS) is 24.0. The van der Waals surface area contributed by atoms with Gasteiger partial charge in [0.2, 0.25) is 0 Å². The maximum Gasteiger partial charge on any atom is 0.270 e. The molecular weight excluding hydrogens is 304 g/mol. The quantitative estimate of drug-likeness (QED) is 0.803. The number of nitrogens with zero attached hydrogens (tertiary/aromatic N) is 2. The number of piperidine rings is 1. The van der Waals surface area contributed by atoms with E-state index in [9.17, 15) is 4.79 Å². The molecule has 2 unspecified atom stereocenters. The Kier molecular flexibility index (Phi) is 4.39. The lowest BCUT2D eigenvalue weighted by atomic mass is 9.93. The summed E-state index contributed by atoms with van der Waals surface area (Å²) in [5.41, 5.74) is 0.795. The highest BCUT2D eigenvalue weighted by Crippen LogP contribution is 2.26. The molecule has 0 N–H and O–H groups in total. The average Bonchev–Trinajstić information content (AvgIpc) is 2.70. The lowest BCUT2D eigenvalue weighted by molar-refractivity contribution is 0.0576. The fourth-order valence-electron chi connectivity index (χ4n) is 2.90. The van der Waals surface area contributed by atoms with Crippen molar-refractivity contribution in [3.8, 4) is 0 Å². The first kappa shape index (κ1) is 14.6. The largest absolute Gasteiger partial charge is 0.340 e. The minimum Gasteiger partial charge on any atom is -0.340 e. The number of likely N-dealkylation sites (tertiary alicyclic amines) is 1. The van der Waals surface area contributed by atoms with Gasteiger partial charge in [-0.25, -0.2) is 0 Å². The minimum atomic E-state index is 0.166. The summed E-state index contributed by atoms with van der Waals surface area (Å²) in [6.45, 7) is 9.51. The number of amides is 1. The highest BCUT2D eigenvalue weighted by atomic mass is 79.9. The van der Waals surface area contributed by atoms with E-state index in [-0.39, 0.29) is 5.91 Å². The number of aromatic nitrogens is 1. The van der Waals surface area contributed by atoms with Gasteiger partial charge in [-0.1, -0.05) is 6.92 Å². The van der Waals surface area contributed by atoms with Crippen molar-refractivity contribution < 1.29 is 4.79 Å². The zero-order valence-electron chi connectivity index (χ0n) is 12.2. The van der Waals surface area contributed by atoms with Crippen molar-refractivity contribution >= 4 is 21.8 Å². The van der Waals surface area contributed by atoms with E-state index in [1.165, 1.54) is 0 Å². The van der Waals surface area contributed by atoms with E-state index in [0.717, 1.165) is 35.5 Å². The van der Waals surface area contributed by atoms with Gasteiger partial charge < -0.3 is 9.47 Å². The Bertz CT molecular complexity index is 467. The van der Waals surface area contributed by atoms with Crippen LogP contribution in [0.1, 0.15) is 57.1 Å². The molecule has 1 fully saturated rings. The number of hydrogen-bond acceptors (Lipinski definition) is 1. The van der Waals surface area contributed by atoms with Crippen LogP contribution in [0.5, 0.6) is 0 Å². The second-order valence-corrected chi connectivity index (χ2v) is 6.94. The average molecular weight is 327 g/mol. The van der Waals surface area contributed by atoms with Crippen LogP contribution in [-0.4, -0.2) is 28.0 Å². The van der Waals surface area contributed by atoms with Gasteiger partial charge in [0.05, 0.1) is 0 Å². The predicted octanol–water partition coefficient (Wildman–Crippen LogP) is 4.09. The Morgan fingerprint density at radius 1 is 1.42 bits per heavy atom. The molecule has 2 atom stereocenters. The van der Waals surface area contributed by atoms with Crippen LogP contribution in [0.4, 0.5) is 0 Å². The van der Waals surface area contributed by atoms with Crippen molar-refractivity contribution in [2.45, 2.75) is 52.6 Å². The molecule has 1 aliphatic heterocycles. The van der Waals surface area contributed by atoms with E-state index >= 15 is 0 Å². The number of rotatable bonds is 2. The highest BCUT2D eigenvalue weighted by molar-refractivity contribution is 9.10. The van der Waals surface area contributed by atoms with Crippen molar-refractivity contribution in [1.82, 2.24) is 9.47 Å². The fraction of sp³-hybridized carbons (Fsp3) is 0.667. The molecule has 1 aromatic heterocycles. The second kappa shape index (κ2) is 5.70. The van der Waals surface area contributed by atoms with Gasteiger partial charge in [-0.3, -0.25) is 4.79 Å². The van der Waals surface area contributed by atoms with Gasteiger partial charge >= 0.3 is 0 Å². The molecule has 3 nitrogen and oxygen atoms in total. The number of hydrogen-bond donors (Lipinski definition) is 0. The smallest absolute Gasteiger partial charge is 0.270 e. The Labute approximate surface area is 124 Å². The lowest BCUT2D eigenvalue weighted by Crippen LogP contribution is -2.44. The third-order valence-corrected chi connectivity index (χ3v) is 4.42. The van der Waals surface area contributed by atoms with Crippen LogP contribution in [0.3, 0.4) is 0 Å². The SMILES string of the molecule is CC1CCN(C(=O)c2cc(Br)cn2C(C)C)C(C)C1. The number of carbonyl (C=O) groups excluding carboxylic acids is 1.